The third kappa shape index (κ3) is 4.72. The number of rotatable bonds is 7. The van der Waals surface area contributed by atoms with Crippen LogP contribution in [-0.2, 0) is 11.2 Å². The molecule has 0 saturated carbocycles. The maximum Gasteiger partial charge on any atom is 0.253 e. The van der Waals surface area contributed by atoms with Gasteiger partial charge in [-0.15, -0.1) is 0 Å². The lowest BCUT2D eigenvalue weighted by molar-refractivity contribution is 0.0526. The molecule has 1 aliphatic heterocycles. The van der Waals surface area contributed by atoms with Crippen molar-refractivity contribution in [3.63, 3.8) is 0 Å². The Morgan fingerprint density at radius 1 is 1.33 bits per heavy atom. The highest BCUT2D eigenvalue weighted by Gasteiger charge is 2.23. The van der Waals surface area contributed by atoms with Crippen LogP contribution in [0.5, 0.6) is 0 Å². The summed E-state index contributed by atoms with van der Waals surface area (Å²) < 4.78 is 5.74. The largest absolute Gasteiger partial charge is 0.376 e. The summed E-state index contributed by atoms with van der Waals surface area (Å²) in [6.45, 7) is 8.31. The highest BCUT2D eigenvalue weighted by atomic mass is 16.5. The van der Waals surface area contributed by atoms with Gasteiger partial charge in [0.25, 0.3) is 5.91 Å². The molecule has 0 bridgehead atoms. The van der Waals surface area contributed by atoms with E-state index in [0.29, 0.717) is 12.1 Å². The lowest BCUT2D eigenvalue weighted by Gasteiger charge is -2.25. The van der Waals surface area contributed by atoms with Crippen molar-refractivity contribution < 1.29 is 9.53 Å². The number of nitrogens with zero attached hydrogens (tertiary/aromatic N) is 3. The Morgan fingerprint density at radius 2 is 2.19 bits per heavy atom. The molecule has 1 amide bonds. The van der Waals surface area contributed by atoms with E-state index in [-0.39, 0.29) is 12.0 Å². The molecule has 1 aromatic heterocycles. The number of carbonyl (C=O) groups excluding carboxylic acids is 1. The summed E-state index contributed by atoms with van der Waals surface area (Å²) in [6, 6.07) is 7.81. The summed E-state index contributed by atoms with van der Waals surface area (Å²) in [5, 5.41) is 0. The second kappa shape index (κ2) is 9.09. The van der Waals surface area contributed by atoms with E-state index in [2.05, 4.69) is 23.8 Å². The zero-order valence-electron chi connectivity index (χ0n) is 16.6. The molecule has 1 fully saturated rings. The fraction of sp³-hybridized carbons (Fsp3) is 0.500. The third-order valence-corrected chi connectivity index (χ3v) is 4.98. The predicted molar refractivity (Wildman–Crippen MR) is 107 cm³/mol. The van der Waals surface area contributed by atoms with Crippen molar-refractivity contribution in [1.29, 1.82) is 0 Å². The molecule has 0 N–H and O–H groups in total. The maximum absolute atomic E-state index is 13.2. The average molecular weight is 367 g/mol. The summed E-state index contributed by atoms with van der Waals surface area (Å²) in [7, 11) is 0. The normalized spacial score (nSPS) is 16.5. The Hall–Kier alpha value is -2.27. The molecule has 0 unspecified atom stereocenters. The van der Waals surface area contributed by atoms with Crippen LogP contribution in [0.4, 0.5) is 0 Å². The lowest BCUT2D eigenvalue weighted by Crippen LogP contribution is -2.37. The van der Waals surface area contributed by atoms with Crippen LogP contribution < -0.4 is 0 Å². The fourth-order valence-corrected chi connectivity index (χ4v) is 3.57. The molecule has 1 saturated heterocycles. The van der Waals surface area contributed by atoms with E-state index in [4.69, 9.17) is 4.74 Å². The van der Waals surface area contributed by atoms with Crippen LogP contribution >= 0.6 is 0 Å². The third-order valence-electron chi connectivity index (χ3n) is 4.98. The summed E-state index contributed by atoms with van der Waals surface area (Å²) in [4.78, 5) is 24.0. The molecule has 0 spiro atoms. The first-order valence-corrected chi connectivity index (χ1v) is 9.96. The van der Waals surface area contributed by atoms with E-state index in [9.17, 15) is 4.79 Å². The Labute approximate surface area is 161 Å². The first-order chi connectivity index (χ1) is 13.1. The van der Waals surface area contributed by atoms with Crippen molar-refractivity contribution in [3.8, 4) is 11.3 Å². The molecule has 0 aliphatic carbocycles. The van der Waals surface area contributed by atoms with Crippen molar-refractivity contribution >= 4 is 5.91 Å². The van der Waals surface area contributed by atoms with Crippen molar-refractivity contribution in [3.05, 3.63) is 47.4 Å². The number of benzene rings is 1. The minimum Gasteiger partial charge on any atom is -0.376 e. The van der Waals surface area contributed by atoms with E-state index >= 15 is 0 Å². The molecule has 27 heavy (non-hydrogen) atoms. The summed E-state index contributed by atoms with van der Waals surface area (Å²) in [5.41, 5.74) is 3.69. The van der Waals surface area contributed by atoms with Crippen molar-refractivity contribution in [2.45, 2.75) is 52.6 Å². The van der Waals surface area contributed by atoms with Crippen LogP contribution in [0.25, 0.3) is 11.3 Å². The first kappa shape index (κ1) is 19.5. The van der Waals surface area contributed by atoms with Gasteiger partial charge in [-0.2, -0.15) is 0 Å². The SMILES string of the molecule is CCCN(C[C@H]1CCCO1)C(=O)c1cccc(-c2nc(C)ncc2CC)c1. The summed E-state index contributed by atoms with van der Waals surface area (Å²) in [5.74, 6) is 0.808. The standard InChI is InChI=1S/C22H29N3O2/c1-4-11-25(15-20-10-7-12-27-20)22(26)19-9-6-8-18(13-19)21-17(5-2)14-23-16(3)24-21/h6,8-9,13-14,20H,4-5,7,10-12,15H2,1-3H3/t20-/m1/s1. The second-order valence-electron chi connectivity index (χ2n) is 7.11. The number of hydrogen-bond donors (Lipinski definition) is 0. The smallest absolute Gasteiger partial charge is 0.253 e. The molecule has 2 heterocycles. The van der Waals surface area contributed by atoms with Gasteiger partial charge < -0.3 is 9.64 Å². The van der Waals surface area contributed by atoms with Gasteiger partial charge >= 0.3 is 0 Å². The van der Waals surface area contributed by atoms with Crippen LogP contribution in [0.15, 0.2) is 30.5 Å². The molecule has 1 aliphatic rings. The van der Waals surface area contributed by atoms with Gasteiger partial charge in [-0.1, -0.05) is 26.0 Å². The van der Waals surface area contributed by atoms with E-state index in [1.54, 1.807) is 0 Å². The molecule has 5 heteroatoms. The summed E-state index contributed by atoms with van der Waals surface area (Å²) in [6.07, 6.45) is 5.96. The van der Waals surface area contributed by atoms with Gasteiger partial charge in [-0.25, -0.2) is 9.97 Å². The minimum atomic E-state index is 0.0676. The van der Waals surface area contributed by atoms with Gasteiger partial charge in [-0.05, 0) is 50.3 Å². The van der Waals surface area contributed by atoms with Crippen molar-refractivity contribution in [1.82, 2.24) is 14.9 Å². The van der Waals surface area contributed by atoms with E-state index < -0.39 is 0 Å². The van der Waals surface area contributed by atoms with Gasteiger partial charge in [-0.3, -0.25) is 4.79 Å². The quantitative estimate of drug-likeness (QED) is 0.741. The minimum absolute atomic E-state index is 0.0676. The number of aromatic nitrogens is 2. The molecule has 144 valence electrons. The van der Waals surface area contributed by atoms with Gasteiger partial charge in [0, 0.05) is 37.0 Å². The zero-order valence-corrected chi connectivity index (χ0v) is 16.6. The molecule has 0 radical (unpaired) electrons. The summed E-state index contributed by atoms with van der Waals surface area (Å²) >= 11 is 0. The van der Waals surface area contributed by atoms with Crippen LogP contribution in [0.1, 0.15) is 54.9 Å². The Balaban J connectivity index is 1.87. The van der Waals surface area contributed by atoms with E-state index in [1.165, 1.54) is 0 Å². The molecular formula is C22H29N3O2. The Morgan fingerprint density at radius 3 is 2.89 bits per heavy atom. The van der Waals surface area contributed by atoms with Crippen molar-refractivity contribution in [2.24, 2.45) is 0 Å². The average Bonchev–Trinajstić information content (AvgIpc) is 3.20. The molecule has 1 atom stereocenters. The van der Waals surface area contributed by atoms with Crippen LogP contribution in [-0.4, -0.2) is 46.6 Å². The number of aryl methyl sites for hydroxylation is 2. The van der Waals surface area contributed by atoms with Gasteiger partial charge in [0.2, 0.25) is 0 Å². The van der Waals surface area contributed by atoms with E-state index in [1.807, 2.05) is 42.3 Å². The van der Waals surface area contributed by atoms with Gasteiger partial charge in [0.1, 0.15) is 5.82 Å². The molecule has 5 nitrogen and oxygen atoms in total. The second-order valence-corrected chi connectivity index (χ2v) is 7.11. The van der Waals surface area contributed by atoms with E-state index in [0.717, 1.165) is 61.5 Å². The number of hydrogen-bond acceptors (Lipinski definition) is 4. The highest BCUT2D eigenvalue weighted by molar-refractivity contribution is 5.95. The Kier molecular flexibility index (Phi) is 6.56. The fourth-order valence-electron chi connectivity index (χ4n) is 3.57. The van der Waals surface area contributed by atoms with Crippen LogP contribution in [0.2, 0.25) is 0 Å². The van der Waals surface area contributed by atoms with Crippen LogP contribution in [0, 0.1) is 6.92 Å². The highest BCUT2D eigenvalue weighted by Crippen LogP contribution is 2.24. The first-order valence-electron chi connectivity index (χ1n) is 9.96. The number of ether oxygens (including phenoxy) is 1. The lowest BCUT2D eigenvalue weighted by atomic mass is 10.0. The molecular weight excluding hydrogens is 338 g/mol. The number of amides is 1. The predicted octanol–water partition coefficient (Wildman–Crippen LogP) is 4.05. The number of carbonyl (C=O) groups is 1. The van der Waals surface area contributed by atoms with Crippen LogP contribution in [0.3, 0.4) is 0 Å². The monoisotopic (exact) mass is 367 g/mol. The van der Waals surface area contributed by atoms with Gasteiger partial charge in [0.15, 0.2) is 0 Å². The zero-order chi connectivity index (χ0) is 19.2. The molecule has 1 aromatic carbocycles. The van der Waals surface area contributed by atoms with Crippen molar-refractivity contribution in [2.75, 3.05) is 19.7 Å². The molecule has 2 aromatic rings. The Bertz CT molecular complexity index is 785. The molecule has 3 rings (SSSR count). The maximum atomic E-state index is 13.2. The van der Waals surface area contributed by atoms with Gasteiger partial charge in [0.05, 0.1) is 11.8 Å². The topological polar surface area (TPSA) is 55.3 Å².